The zero-order chi connectivity index (χ0) is 11.8. The Morgan fingerprint density at radius 1 is 1.50 bits per heavy atom. The van der Waals surface area contributed by atoms with Crippen LogP contribution < -0.4 is 5.32 Å². The second kappa shape index (κ2) is 7.60. The summed E-state index contributed by atoms with van der Waals surface area (Å²) in [6.45, 7) is 2.76. The molecule has 0 unspecified atom stereocenters. The summed E-state index contributed by atoms with van der Waals surface area (Å²) < 4.78 is 5.44. The molecule has 0 bridgehead atoms. The largest absolute Gasteiger partial charge is 0.394 e. The van der Waals surface area contributed by atoms with Gasteiger partial charge in [0, 0.05) is 26.1 Å². The van der Waals surface area contributed by atoms with E-state index in [0.29, 0.717) is 13.0 Å². The molecule has 0 radical (unpaired) electrons. The number of ether oxygens (including phenoxy) is 1. The lowest BCUT2D eigenvalue weighted by molar-refractivity contribution is -0.133. The first-order valence-electron chi connectivity index (χ1n) is 5.92. The molecule has 1 aliphatic heterocycles. The first-order valence-corrected chi connectivity index (χ1v) is 5.92. The van der Waals surface area contributed by atoms with Crippen molar-refractivity contribution in [3.05, 3.63) is 0 Å². The second-order valence-electron chi connectivity index (χ2n) is 4.03. The molecule has 0 atom stereocenters. The summed E-state index contributed by atoms with van der Waals surface area (Å²) in [6, 6.07) is 0. The van der Waals surface area contributed by atoms with Crippen LogP contribution in [-0.4, -0.2) is 61.9 Å². The maximum absolute atomic E-state index is 11.7. The number of carbonyl (C=O) groups is 1. The average Bonchev–Trinajstić information content (AvgIpc) is 2.34. The summed E-state index contributed by atoms with van der Waals surface area (Å²) in [5.74, 6) is 0.218. The van der Waals surface area contributed by atoms with Crippen LogP contribution in [0.15, 0.2) is 0 Å². The van der Waals surface area contributed by atoms with Crippen molar-refractivity contribution < 1.29 is 14.6 Å². The van der Waals surface area contributed by atoms with E-state index in [0.717, 1.165) is 32.5 Å². The summed E-state index contributed by atoms with van der Waals surface area (Å²) in [4.78, 5) is 13.6. The van der Waals surface area contributed by atoms with Gasteiger partial charge >= 0.3 is 0 Å². The van der Waals surface area contributed by atoms with Gasteiger partial charge in [0.15, 0.2) is 0 Å². The fourth-order valence-electron chi connectivity index (χ4n) is 1.88. The quantitative estimate of drug-likeness (QED) is 0.651. The van der Waals surface area contributed by atoms with Gasteiger partial charge in [-0.25, -0.2) is 0 Å². The minimum Gasteiger partial charge on any atom is -0.394 e. The molecule has 0 aromatic heterocycles. The van der Waals surface area contributed by atoms with E-state index in [4.69, 9.17) is 9.84 Å². The van der Waals surface area contributed by atoms with Crippen LogP contribution in [0.5, 0.6) is 0 Å². The van der Waals surface area contributed by atoms with Crippen LogP contribution in [0, 0.1) is 0 Å². The number of nitrogens with one attached hydrogen (secondary N) is 1. The van der Waals surface area contributed by atoms with Gasteiger partial charge in [-0.15, -0.1) is 0 Å². The van der Waals surface area contributed by atoms with Crippen molar-refractivity contribution in [2.24, 2.45) is 0 Å². The minimum atomic E-state index is 0.0707. The first-order chi connectivity index (χ1) is 7.77. The number of piperidine rings is 1. The number of nitrogens with zero attached hydrogens (tertiary/aromatic N) is 1. The molecule has 0 spiro atoms. The Morgan fingerprint density at radius 2 is 2.19 bits per heavy atom. The van der Waals surface area contributed by atoms with Gasteiger partial charge in [-0.3, -0.25) is 4.79 Å². The Labute approximate surface area is 96.8 Å². The number of hydrogen-bond acceptors (Lipinski definition) is 4. The molecule has 1 aliphatic rings. The summed E-state index contributed by atoms with van der Waals surface area (Å²) >= 11 is 0. The normalized spacial score (nSPS) is 17.8. The van der Waals surface area contributed by atoms with Gasteiger partial charge in [0.2, 0.25) is 5.91 Å². The lowest BCUT2D eigenvalue weighted by Gasteiger charge is -2.32. The first kappa shape index (κ1) is 13.4. The number of carbonyl (C=O) groups excluding carboxylic acids is 1. The van der Waals surface area contributed by atoms with Crippen LogP contribution in [0.25, 0.3) is 0 Å². The third-order valence-corrected chi connectivity index (χ3v) is 2.83. The third-order valence-electron chi connectivity index (χ3n) is 2.83. The predicted octanol–water partition coefficient (Wildman–Crippen LogP) is -0.404. The zero-order valence-corrected chi connectivity index (χ0v) is 9.95. The van der Waals surface area contributed by atoms with Gasteiger partial charge < -0.3 is 20.1 Å². The van der Waals surface area contributed by atoms with Gasteiger partial charge in [0.1, 0.15) is 0 Å². The van der Waals surface area contributed by atoms with E-state index in [2.05, 4.69) is 5.32 Å². The number of amides is 1. The Kier molecular flexibility index (Phi) is 6.37. The summed E-state index contributed by atoms with van der Waals surface area (Å²) in [5, 5.41) is 11.6. The van der Waals surface area contributed by atoms with Crippen molar-refractivity contribution >= 4 is 5.91 Å². The number of aliphatic hydroxyl groups excluding tert-OH is 1. The van der Waals surface area contributed by atoms with E-state index in [9.17, 15) is 4.79 Å². The van der Waals surface area contributed by atoms with Crippen LogP contribution in [0.4, 0.5) is 0 Å². The van der Waals surface area contributed by atoms with Crippen molar-refractivity contribution in [1.29, 1.82) is 0 Å². The minimum absolute atomic E-state index is 0.0707. The van der Waals surface area contributed by atoms with Crippen molar-refractivity contribution in [1.82, 2.24) is 10.2 Å². The third kappa shape index (κ3) is 4.47. The Hall–Kier alpha value is -0.650. The smallest absolute Gasteiger partial charge is 0.223 e. The fraction of sp³-hybridized carbons (Fsp3) is 0.909. The molecular weight excluding hydrogens is 208 g/mol. The number of aliphatic hydroxyl groups is 1. The van der Waals surface area contributed by atoms with Crippen LogP contribution in [0.2, 0.25) is 0 Å². The summed E-state index contributed by atoms with van der Waals surface area (Å²) in [6.07, 6.45) is 2.54. The Morgan fingerprint density at radius 3 is 2.75 bits per heavy atom. The molecule has 1 amide bonds. The lowest BCUT2D eigenvalue weighted by atomic mass is 10.1. The molecule has 2 N–H and O–H groups in total. The molecule has 0 aromatic rings. The van der Waals surface area contributed by atoms with Crippen molar-refractivity contribution in [2.45, 2.75) is 25.4 Å². The SMILES string of the molecule is CNCCC(=O)N1CCC(OCCO)CC1. The maximum Gasteiger partial charge on any atom is 0.223 e. The van der Waals surface area contributed by atoms with Crippen LogP contribution in [0.1, 0.15) is 19.3 Å². The van der Waals surface area contributed by atoms with Gasteiger partial charge in [-0.05, 0) is 19.9 Å². The topological polar surface area (TPSA) is 61.8 Å². The molecule has 5 heteroatoms. The van der Waals surface area contributed by atoms with Gasteiger partial charge in [-0.2, -0.15) is 0 Å². The lowest BCUT2D eigenvalue weighted by Crippen LogP contribution is -2.41. The summed E-state index contributed by atoms with van der Waals surface area (Å²) in [5.41, 5.74) is 0. The highest BCUT2D eigenvalue weighted by Crippen LogP contribution is 2.14. The highest BCUT2D eigenvalue weighted by atomic mass is 16.5. The molecule has 1 saturated heterocycles. The highest BCUT2D eigenvalue weighted by molar-refractivity contribution is 5.76. The molecule has 16 heavy (non-hydrogen) atoms. The van der Waals surface area contributed by atoms with E-state index in [-0.39, 0.29) is 18.6 Å². The number of hydrogen-bond donors (Lipinski definition) is 2. The monoisotopic (exact) mass is 230 g/mol. The van der Waals surface area contributed by atoms with E-state index >= 15 is 0 Å². The summed E-state index contributed by atoms with van der Waals surface area (Å²) in [7, 11) is 1.85. The maximum atomic E-state index is 11.7. The average molecular weight is 230 g/mol. The Bertz CT molecular complexity index is 203. The van der Waals surface area contributed by atoms with Crippen LogP contribution >= 0.6 is 0 Å². The van der Waals surface area contributed by atoms with Crippen LogP contribution in [-0.2, 0) is 9.53 Å². The molecule has 1 heterocycles. The molecule has 0 aliphatic carbocycles. The standard InChI is InChI=1S/C11H22N2O3/c1-12-5-2-11(15)13-6-3-10(4-7-13)16-9-8-14/h10,12,14H,2-9H2,1H3. The van der Waals surface area contributed by atoms with E-state index in [1.165, 1.54) is 0 Å². The van der Waals surface area contributed by atoms with E-state index in [1.807, 2.05) is 11.9 Å². The molecule has 5 nitrogen and oxygen atoms in total. The van der Waals surface area contributed by atoms with Crippen molar-refractivity contribution in [3.8, 4) is 0 Å². The molecule has 0 saturated carbocycles. The molecular formula is C11H22N2O3. The van der Waals surface area contributed by atoms with Crippen LogP contribution in [0.3, 0.4) is 0 Å². The Balaban J connectivity index is 2.18. The number of rotatable bonds is 6. The van der Waals surface area contributed by atoms with E-state index < -0.39 is 0 Å². The predicted molar refractivity (Wildman–Crippen MR) is 61.2 cm³/mol. The van der Waals surface area contributed by atoms with Gasteiger partial charge in [-0.1, -0.05) is 0 Å². The molecule has 1 rings (SSSR count). The highest BCUT2D eigenvalue weighted by Gasteiger charge is 2.22. The second-order valence-corrected chi connectivity index (χ2v) is 4.03. The fourth-order valence-corrected chi connectivity index (χ4v) is 1.88. The van der Waals surface area contributed by atoms with Crippen molar-refractivity contribution in [3.63, 3.8) is 0 Å². The number of likely N-dealkylation sites (tertiary alicyclic amines) is 1. The molecule has 94 valence electrons. The van der Waals surface area contributed by atoms with Gasteiger partial charge in [0.05, 0.1) is 19.3 Å². The van der Waals surface area contributed by atoms with Gasteiger partial charge in [0.25, 0.3) is 0 Å². The zero-order valence-electron chi connectivity index (χ0n) is 9.95. The molecule has 1 fully saturated rings. The van der Waals surface area contributed by atoms with E-state index in [1.54, 1.807) is 0 Å². The molecule has 0 aromatic carbocycles. The van der Waals surface area contributed by atoms with Crippen molar-refractivity contribution in [2.75, 3.05) is 39.9 Å².